The molecule has 0 saturated carbocycles. The Hall–Kier alpha value is -1.14. The molecule has 0 fully saturated rings. The van der Waals surface area contributed by atoms with E-state index < -0.39 is 0 Å². The van der Waals surface area contributed by atoms with Crippen LogP contribution in [0.1, 0.15) is 13.8 Å². The Morgan fingerprint density at radius 3 is 1.69 bits per heavy atom. The molecule has 0 aliphatic rings. The number of rotatable bonds is 6. The maximum atomic E-state index is 10.3. The molecule has 0 saturated heterocycles. The van der Waals surface area contributed by atoms with E-state index in [2.05, 4.69) is 10.6 Å². The van der Waals surface area contributed by atoms with Gasteiger partial charge in [0.15, 0.2) is 6.79 Å². The van der Waals surface area contributed by atoms with Crippen molar-refractivity contribution in [3.8, 4) is 0 Å². The number of amides is 2. The smallest absolute Gasteiger partial charge is 0.218 e. The lowest BCUT2D eigenvalue weighted by Crippen LogP contribution is -2.26. The summed E-state index contributed by atoms with van der Waals surface area (Å²) in [5, 5.41) is 4.83. The molecule has 2 N–H and O–H groups in total. The van der Waals surface area contributed by atoms with E-state index in [4.69, 9.17) is 9.47 Å². The van der Waals surface area contributed by atoms with Gasteiger partial charge in [0.1, 0.15) is 13.5 Å². The SMILES string of the molecule is CC(=O)NCOCOCNC(C)=O. The maximum absolute atomic E-state index is 10.3. The highest BCUT2D eigenvalue weighted by atomic mass is 16.7. The zero-order chi connectivity index (χ0) is 10.1. The largest absolute Gasteiger partial charge is 0.335 e. The third-order valence-electron chi connectivity index (χ3n) is 1.01. The minimum absolute atomic E-state index is 0.0283. The topological polar surface area (TPSA) is 76.7 Å². The molecular formula is C7H14N2O4. The van der Waals surface area contributed by atoms with Crippen molar-refractivity contribution in [2.24, 2.45) is 0 Å². The normalized spacial score (nSPS) is 9.38. The summed E-state index contributed by atoms with van der Waals surface area (Å²) in [6.07, 6.45) is 0. The maximum Gasteiger partial charge on any atom is 0.218 e. The van der Waals surface area contributed by atoms with Crippen LogP contribution in [0.3, 0.4) is 0 Å². The van der Waals surface area contributed by atoms with Gasteiger partial charge in [-0.2, -0.15) is 0 Å². The fourth-order valence-corrected chi connectivity index (χ4v) is 0.448. The summed E-state index contributed by atoms with van der Waals surface area (Å²) in [6.45, 7) is 3.02. The van der Waals surface area contributed by atoms with Crippen LogP contribution < -0.4 is 10.6 Å². The molecule has 0 aromatic carbocycles. The highest BCUT2D eigenvalue weighted by Gasteiger charge is 1.91. The van der Waals surface area contributed by atoms with Crippen molar-refractivity contribution in [3.05, 3.63) is 0 Å². The van der Waals surface area contributed by atoms with E-state index in [1.165, 1.54) is 13.8 Å². The molecule has 13 heavy (non-hydrogen) atoms. The Morgan fingerprint density at radius 2 is 1.38 bits per heavy atom. The Kier molecular flexibility index (Phi) is 6.85. The van der Waals surface area contributed by atoms with Crippen LogP contribution >= 0.6 is 0 Å². The minimum atomic E-state index is -0.165. The molecule has 0 aromatic heterocycles. The average Bonchev–Trinajstić information content (AvgIpc) is 2.01. The number of hydrogen-bond donors (Lipinski definition) is 2. The molecule has 2 amide bonds. The first kappa shape index (κ1) is 11.9. The fraction of sp³-hybridized carbons (Fsp3) is 0.714. The molecule has 6 heteroatoms. The molecule has 0 bridgehead atoms. The number of nitrogens with one attached hydrogen (secondary N) is 2. The molecule has 6 nitrogen and oxygen atoms in total. The van der Waals surface area contributed by atoms with E-state index in [9.17, 15) is 9.59 Å². The Morgan fingerprint density at radius 1 is 1.00 bits per heavy atom. The van der Waals surface area contributed by atoms with Gasteiger partial charge in [-0.05, 0) is 0 Å². The van der Waals surface area contributed by atoms with Crippen LogP contribution in [0.15, 0.2) is 0 Å². The Balaban J connectivity index is 3.00. The molecule has 0 radical (unpaired) electrons. The van der Waals surface area contributed by atoms with Crippen molar-refractivity contribution in [3.63, 3.8) is 0 Å². The molecule has 0 aliphatic carbocycles. The number of hydrogen-bond acceptors (Lipinski definition) is 4. The lowest BCUT2D eigenvalue weighted by Gasteiger charge is -2.05. The third kappa shape index (κ3) is 10.9. The van der Waals surface area contributed by atoms with Gasteiger partial charge in [-0.1, -0.05) is 0 Å². The lowest BCUT2D eigenvalue weighted by atomic mass is 10.7. The van der Waals surface area contributed by atoms with Crippen molar-refractivity contribution in [1.82, 2.24) is 10.6 Å². The van der Waals surface area contributed by atoms with Gasteiger partial charge in [0.05, 0.1) is 0 Å². The standard InChI is InChI=1S/C7H14N2O4/c1-6(10)8-3-12-5-13-4-9-7(2)11/h3-5H2,1-2H3,(H,8,10)(H,9,11). The predicted octanol–water partition coefficient (Wildman–Crippen LogP) is -0.836. The molecule has 76 valence electrons. The number of carbonyl (C=O) groups excluding carboxylic acids is 2. The average molecular weight is 190 g/mol. The van der Waals surface area contributed by atoms with E-state index in [0.717, 1.165) is 0 Å². The zero-order valence-electron chi connectivity index (χ0n) is 7.75. The number of carbonyl (C=O) groups is 2. The van der Waals surface area contributed by atoms with Gasteiger partial charge in [-0.3, -0.25) is 9.59 Å². The molecule has 0 unspecified atom stereocenters. The summed E-state index contributed by atoms with van der Waals surface area (Å²) in [7, 11) is 0. The number of ether oxygens (including phenoxy) is 2. The first-order chi connectivity index (χ1) is 6.13. The van der Waals surface area contributed by atoms with Gasteiger partial charge in [0.25, 0.3) is 0 Å². The highest BCUT2D eigenvalue weighted by Crippen LogP contribution is 1.74. The first-order valence-electron chi connectivity index (χ1n) is 3.77. The van der Waals surface area contributed by atoms with Crippen LogP contribution in [0.2, 0.25) is 0 Å². The molecule has 0 atom stereocenters. The van der Waals surface area contributed by atoms with Crippen molar-refractivity contribution < 1.29 is 19.1 Å². The van der Waals surface area contributed by atoms with Gasteiger partial charge in [-0.15, -0.1) is 0 Å². The van der Waals surface area contributed by atoms with Crippen LogP contribution in [-0.4, -0.2) is 32.1 Å². The van der Waals surface area contributed by atoms with Crippen molar-refractivity contribution in [2.75, 3.05) is 20.3 Å². The van der Waals surface area contributed by atoms with Crippen LogP contribution in [0.4, 0.5) is 0 Å². The zero-order valence-corrected chi connectivity index (χ0v) is 7.75. The molecule has 0 aliphatic heterocycles. The highest BCUT2D eigenvalue weighted by molar-refractivity contribution is 5.72. The van der Waals surface area contributed by atoms with Gasteiger partial charge in [0.2, 0.25) is 11.8 Å². The van der Waals surface area contributed by atoms with Gasteiger partial charge in [-0.25, -0.2) is 0 Å². The van der Waals surface area contributed by atoms with Crippen LogP contribution in [0.5, 0.6) is 0 Å². The Labute approximate surface area is 76.6 Å². The lowest BCUT2D eigenvalue weighted by molar-refractivity contribution is -0.125. The van der Waals surface area contributed by atoms with E-state index in [-0.39, 0.29) is 32.1 Å². The van der Waals surface area contributed by atoms with Crippen molar-refractivity contribution >= 4 is 11.8 Å². The summed E-state index contributed by atoms with van der Waals surface area (Å²) in [5.41, 5.74) is 0. The third-order valence-corrected chi connectivity index (χ3v) is 1.01. The summed E-state index contributed by atoms with van der Waals surface area (Å²) >= 11 is 0. The fourth-order valence-electron chi connectivity index (χ4n) is 0.448. The van der Waals surface area contributed by atoms with E-state index in [0.29, 0.717) is 0 Å². The van der Waals surface area contributed by atoms with Crippen molar-refractivity contribution in [2.45, 2.75) is 13.8 Å². The molecule has 0 heterocycles. The van der Waals surface area contributed by atoms with Crippen LogP contribution in [-0.2, 0) is 19.1 Å². The quantitative estimate of drug-likeness (QED) is 0.423. The van der Waals surface area contributed by atoms with E-state index >= 15 is 0 Å². The summed E-state index contributed by atoms with van der Waals surface area (Å²) in [5.74, 6) is -0.330. The summed E-state index contributed by atoms with van der Waals surface area (Å²) < 4.78 is 9.64. The van der Waals surface area contributed by atoms with Gasteiger partial charge < -0.3 is 20.1 Å². The van der Waals surface area contributed by atoms with Crippen LogP contribution in [0.25, 0.3) is 0 Å². The molecular weight excluding hydrogens is 176 g/mol. The first-order valence-corrected chi connectivity index (χ1v) is 3.77. The Bertz CT molecular complexity index is 154. The van der Waals surface area contributed by atoms with Gasteiger partial charge in [0, 0.05) is 13.8 Å². The predicted molar refractivity (Wildman–Crippen MR) is 44.4 cm³/mol. The van der Waals surface area contributed by atoms with E-state index in [1.54, 1.807) is 0 Å². The van der Waals surface area contributed by atoms with Crippen molar-refractivity contribution in [1.29, 1.82) is 0 Å². The van der Waals surface area contributed by atoms with E-state index in [1.807, 2.05) is 0 Å². The summed E-state index contributed by atoms with van der Waals surface area (Å²) in [6, 6.07) is 0. The molecule has 0 aromatic rings. The second-order valence-electron chi connectivity index (χ2n) is 2.28. The monoisotopic (exact) mass is 190 g/mol. The second-order valence-corrected chi connectivity index (χ2v) is 2.28. The van der Waals surface area contributed by atoms with Crippen LogP contribution in [0, 0.1) is 0 Å². The molecule has 0 rings (SSSR count). The molecule has 0 spiro atoms. The summed E-state index contributed by atoms with van der Waals surface area (Å²) in [4.78, 5) is 20.7. The van der Waals surface area contributed by atoms with Gasteiger partial charge >= 0.3 is 0 Å². The minimum Gasteiger partial charge on any atom is -0.335 e. The second kappa shape index (κ2) is 7.51.